The fourth-order valence-corrected chi connectivity index (χ4v) is 1.69. The number of hydrogen-bond donors (Lipinski definition) is 2. The minimum absolute atomic E-state index is 0.102. The molecule has 0 unspecified atom stereocenters. The number of carboxylic acid groups (broad SMARTS) is 1. The molecule has 1 aromatic carbocycles. The lowest BCUT2D eigenvalue weighted by atomic mass is 9.99. The van der Waals surface area contributed by atoms with Gasteiger partial charge in [0.05, 0.1) is 5.92 Å². The van der Waals surface area contributed by atoms with Gasteiger partial charge in [0.15, 0.2) is 0 Å². The topological polar surface area (TPSA) is 80.4 Å². The van der Waals surface area contributed by atoms with Crippen molar-refractivity contribution in [1.29, 1.82) is 0 Å². The van der Waals surface area contributed by atoms with Gasteiger partial charge in [-0.25, -0.2) is 0 Å². The van der Waals surface area contributed by atoms with Crippen molar-refractivity contribution in [3.8, 4) is 0 Å². The summed E-state index contributed by atoms with van der Waals surface area (Å²) in [6.07, 6.45) is 3.58. The molecule has 0 atom stereocenters. The summed E-state index contributed by atoms with van der Waals surface area (Å²) in [5, 5.41) is 8.64. The van der Waals surface area contributed by atoms with Gasteiger partial charge in [-0.05, 0) is 25.0 Å². The quantitative estimate of drug-likeness (QED) is 0.829. The molecule has 0 aliphatic heterocycles. The van der Waals surface area contributed by atoms with E-state index < -0.39 is 5.97 Å². The van der Waals surface area contributed by atoms with Crippen LogP contribution in [0.25, 0.3) is 0 Å². The number of carbonyl (C=O) groups excluding carboxylic acids is 1. The van der Waals surface area contributed by atoms with Gasteiger partial charge in [0.1, 0.15) is 0 Å². The number of carbonyl (C=O) groups is 2. The molecule has 0 aromatic heterocycles. The Labute approximate surface area is 114 Å². The minimum Gasteiger partial charge on any atom is -0.481 e. The molecule has 0 spiro atoms. The molecular weight excluding hydrogens is 242 g/mol. The molecule has 0 aliphatic carbocycles. The molecule has 1 amide bonds. The Morgan fingerprint density at radius 2 is 1.58 bits per heavy atom. The molecule has 0 saturated heterocycles. The third-order valence-electron chi connectivity index (χ3n) is 2.68. The van der Waals surface area contributed by atoms with Gasteiger partial charge in [0, 0.05) is 5.56 Å². The van der Waals surface area contributed by atoms with E-state index in [0.717, 1.165) is 25.7 Å². The van der Waals surface area contributed by atoms with Crippen LogP contribution in [0, 0.1) is 5.92 Å². The first-order valence-electron chi connectivity index (χ1n) is 6.60. The third kappa shape index (κ3) is 7.97. The van der Waals surface area contributed by atoms with Crippen LogP contribution in [-0.2, 0) is 4.79 Å². The maximum Gasteiger partial charge on any atom is 0.306 e. The maximum atomic E-state index is 10.5. The minimum atomic E-state index is -0.635. The van der Waals surface area contributed by atoms with Crippen LogP contribution in [0.5, 0.6) is 0 Å². The summed E-state index contributed by atoms with van der Waals surface area (Å²) in [5.41, 5.74) is 5.53. The van der Waals surface area contributed by atoms with Gasteiger partial charge in [0.2, 0.25) is 5.91 Å². The lowest BCUT2D eigenvalue weighted by molar-refractivity contribution is -0.142. The van der Waals surface area contributed by atoms with Gasteiger partial charge in [-0.2, -0.15) is 0 Å². The van der Waals surface area contributed by atoms with Crippen LogP contribution in [0.3, 0.4) is 0 Å². The molecule has 19 heavy (non-hydrogen) atoms. The number of amides is 1. The first-order chi connectivity index (χ1) is 9.02. The second kappa shape index (κ2) is 10.1. The van der Waals surface area contributed by atoms with Crippen LogP contribution >= 0.6 is 0 Å². The van der Waals surface area contributed by atoms with Crippen molar-refractivity contribution < 1.29 is 14.7 Å². The summed E-state index contributed by atoms with van der Waals surface area (Å²) in [7, 11) is 0. The lowest BCUT2D eigenvalue weighted by Crippen LogP contribution is -2.12. The highest BCUT2D eigenvalue weighted by Gasteiger charge is 2.13. The van der Waals surface area contributed by atoms with E-state index in [9.17, 15) is 9.59 Å². The molecular formula is C15H23NO3. The van der Waals surface area contributed by atoms with E-state index in [-0.39, 0.29) is 11.8 Å². The molecule has 0 radical (unpaired) electrons. The van der Waals surface area contributed by atoms with Crippen LogP contribution < -0.4 is 5.73 Å². The Morgan fingerprint density at radius 3 is 1.84 bits per heavy atom. The standard InChI is InChI=1S/C8H16O2.C7H7NO/c1-3-5-7(6-4-2)8(9)10;8-7(9)6-4-2-1-3-5-6/h7H,3-6H2,1-2H3,(H,9,10);1-5H,(H2,8,9). The summed E-state index contributed by atoms with van der Waals surface area (Å²) >= 11 is 0. The highest BCUT2D eigenvalue weighted by atomic mass is 16.4. The molecule has 1 aromatic rings. The average Bonchev–Trinajstić information content (AvgIpc) is 2.40. The fourth-order valence-electron chi connectivity index (χ4n) is 1.69. The number of aliphatic carboxylic acids is 1. The molecule has 0 fully saturated rings. The van der Waals surface area contributed by atoms with Crippen molar-refractivity contribution in [2.75, 3.05) is 0 Å². The SMILES string of the molecule is CCCC(CCC)C(=O)O.NC(=O)c1ccccc1. The zero-order valence-corrected chi connectivity index (χ0v) is 11.6. The van der Waals surface area contributed by atoms with Crippen molar-refractivity contribution in [1.82, 2.24) is 0 Å². The molecule has 0 bridgehead atoms. The Morgan fingerprint density at radius 1 is 1.11 bits per heavy atom. The molecule has 0 heterocycles. The molecule has 1 rings (SSSR count). The van der Waals surface area contributed by atoms with Crippen LogP contribution in [0.1, 0.15) is 49.9 Å². The largest absolute Gasteiger partial charge is 0.481 e. The summed E-state index contributed by atoms with van der Waals surface area (Å²) in [4.78, 5) is 20.9. The Kier molecular flexibility index (Phi) is 9.14. The Bertz CT molecular complexity index is 370. The van der Waals surface area contributed by atoms with Crippen molar-refractivity contribution in [3.05, 3.63) is 35.9 Å². The van der Waals surface area contributed by atoms with Gasteiger partial charge in [0.25, 0.3) is 0 Å². The van der Waals surface area contributed by atoms with Crippen molar-refractivity contribution in [2.24, 2.45) is 11.7 Å². The number of carboxylic acids is 1. The maximum absolute atomic E-state index is 10.5. The van der Waals surface area contributed by atoms with E-state index in [0.29, 0.717) is 5.56 Å². The first-order valence-corrected chi connectivity index (χ1v) is 6.60. The van der Waals surface area contributed by atoms with E-state index in [1.165, 1.54) is 0 Å². The average molecular weight is 265 g/mol. The third-order valence-corrected chi connectivity index (χ3v) is 2.68. The zero-order valence-electron chi connectivity index (χ0n) is 11.6. The number of benzene rings is 1. The van der Waals surface area contributed by atoms with E-state index in [4.69, 9.17) is 10.8 Å². The molecule has 0 saturated carbocycles. The van der Waals surface area contributed by atoms with Gasteiger partial charge in [-0.15, -0.1) is 0 Å². The number of rotatable bonds is 6. The van der Waals surface area contributed by atoms with Crippen LogP contribution in [-0.4, -0.2) is 17.0 Å². The second-order valence-electron chi connectivity index (χ2n) is 4.34. The molecule has 4 heteroatoms. The lowest BCUT2D eigenvalue weighted by Gasteiger charge is -2.07. The van der Waals surface area contributed by atoms with Crippen LogP contribution in [0.2, 0.25) is 0 Å². The van der Waals surface area contributed by atoms with E-state index in [1.54, 1.807) is 24.3 Å². The monoisotopic (exact) mass is 265 g/mol. The molecule has 4 nitrogen and oxygen atoms in total. The van der Waals surface area contributed by atoms with E-state index in [2.05, 4.69) is 0 Å². The highest BCUT2D eigenvalue weighted by Crippen LogP contribution is 2.12. The number of primary amides is 1. The first kappa shape index (κ1) is 17.2. The fraction of sp³-hybridized carbons (Fsp3) is 0.467. The van der Waals surface area contributed by atoms with Crippen molar-refractivity contribution >= 4 is 11.9 Å². The van der Waals surface area contributed by atoms with Gasteiger partial charge >= 0.3 is 5.97 Å². The van der Waals surface area contributed by atoms with Crippen LogP contribution in [0.4, 0.5) is 0 Å². The van der Waals surface area contributed by atoms with Crippen LogP contribution in [0.15, 0.2) is 30.3 Å². The summed E-state index contributed by atoms with van der Waals surface area (Å²) in [5.74, 6) is -1.12. The van der Waals surface area contributed by atoms with Gasteiger partial charge in [-0.3, -0.25) is 9.59 Å². The van der Waals surface area contributed by atoms with Gasteiger partial charge < -0.3 is 10.8 Å². The second-order valence-corrected chi connectivity index (χ2v) is 4.34. The Balaban J connectivity index is 0.000000342. The van der Waals surface area contributed by atoms with Crippen molar-refractivity contribution in [3.63, 3.8) is 0 Å². The smallest absolute Gasteiger partial charge is 0.306 e. The molecule has 0 aliphatic rings. The van der Waals surface area contributed by atoms with Gasteiger partial charge in [-0.1, -0.05) is 44.9 Å². The van der Waals surface area contributed by atoms with Crippen molar-refractivity contribution in [2.45, 2.75) is 39.5 Å². The number of nitrogens with two attached hydrogens (primary N) is 1. The zero-order chi connectivity index (χ0) is 14.7. The number of hydrogen-bond acceptors (Lipinski definition) is 2. The summed E-state index contributed by atoms with van der Waals surface area (Å²) in [6.45, 7) is 4.04. The van der Waals surface area contributed by atoms with E-state index in [1.807, 2.05) is 19.9 Å². The summed E-state index contributed by atoms with van der Waals surface area (Å²) < 4.78 is 0. The summed E-state index contributed by atoms with van der Waals surface area (Å²) in [6, 6.07) is 8.76. The Hall–Kier alpha value is -1.84. The molecule has 3 N–H and O–H groups in total. The molecule has 106 valence electrons. The van der Waals surface area contributed by atoms with E-state index >= 15 is 0 Å². The predicted octanol–water partition coefficient (Wildman–Crippen LogP) is 3.07. The normalized spacial score (nSPS) is 9.63. The highest BCUT2D eigenvalue weighted by molar-refractivity contribution is 5.92. The predicted molar refractivity (Wildman–Crippen MR) is 75.9 cm³/mol.